The molecule has 2 aliphatic heterocycles. The van der Waals surface area contributed by atoms with Gasteiger partial charge >= 0.3 is 34.5 Å². The molecule has 374 valence electrons. The molecule has 62 heavy (non-hydrogen) atoms. The van der Waals surface area contributed by atoms with Crippen molar-refractivity contribution in [2.45, 2.75) is 128 Å². The van der Waals surface area contributed by atoms with Crippen molar-refractivity contribution in [1.82, 2.24) is 0 Å². The lowest BCUT2D eigenvalue weighted by Crippen LogP contribution is -2.57. The van der Waals surface area contributed by atoms with E-state index in [1.807, 2.05) is 20.4 Å². The molecule has 2 heterocycles. The summed E-state index contributed by atoms with van der Waals surface area (Å²) in [4.78, 5) is 10.2. The van der Waals surface area contributed by atoms with Gasteiger partial charge in [0.25, 0.3) is 0 Å². The molecule has 4 unspecified atom stereocenters. The van der Waals surface area contributed by atoms with Crippen molar-refractivity contribution in [2.24, 2.45) is 0 Å². The molecule has 2 fully saturated rings. The van der Waals surface area contributed by atoms with Crippen molar-refractivity contribution in [3.63, 3.8) is 0 Å². The van der Waals surface area contributed by atoms with E-state index in [0.29, 0.717) is 84.8 Å². The second kappa shape index (κ2) is 34.8. The van der Waals surface area contributed by atoms with Crippen LogP contribution in [0.25, 0.3) is 0 Å². The molecule has 0 aromatic carbocycles. The monoisotopic (exact) mass is 1000 g/mol. The van der Waals surface area contributed by atoms with E-state index in [4.69, 9.17) is 67.9 Å². The smallest absolute Gasteiger partial charge is 0.437 e. The van der Waals surface area contributed by atoms with Crippen molar-refractivity contribution < 1.29 is 77.8 Å². The maximum atomic E-state index is 10.2. The topological polar surface area (TPSA) is 186 Å². The van der Waals surface area contributed by atoms with Crippen LogP contribution in [0.15, 0.2) is 0 Å². The van der Waals surface area contributed by atoms with Gasteiger partial charge < -0.3 is 77.8 Å². The fourth-order valence-corrected chi connectivity index (χ4v) is 26.4. The van der Waals surface area contributed by atoms with Crippen LogP contribution in [0.2, 0.25) is 76.6 Å². The second-order valence-electron chi connectivity index (χ2n) is 17.5. The summed E-state index contributed by atoms with van der Waals surface area (Å²) < 4.78 is 84.1. The summed E-state index contributed by atoms with van der Waals surface area (Å²) in [5.74, 6) is 0. The minimum absolute atomic E-state index is 0.00820. The van der Waals surface area contributed by atoms with Crippen LogP contribution in [-0.2, 0) is 67.9 Å². The van der Waals surface area contributed by atoms with E-state index >= 15 is 0 Å². The van der Waals surface area contributed by atoms with Crippen LogP contribution in [0.5, 0.6) is 0 Å². The zero-order chi connectivity index (χ0) is 47.0. The zero-order valence-corrected chi connectivity index (χ0v) is 47.4. The van der Waals surface area contributed by atoms with Gasteiger partial charge in [-0.25, -0.2) is 0 Å². The molecular formula is C39H92O17Si6. The van der Waals surface area contributed by atoms with Crippen LogP contribution in [0.4, 0.5) is 0 Å². The highest BCUT2D eigenvalue weighted by Gasteiger charge is 2.49. The van der Waals surface area contributed by atoms with E-state index in [0.717, 1.165) is 63.6 Å². The Kier molecular flexibility index (Phi) is 35.2. The van der Waals surface area contributed by atoms with E-state index in [-0.39, 0.29) is 12.3 Å². The van der Waals surface area contributed by atoms with Gasteiger partial charge in [-0.3, -0.25) is 0 Å². The molecule has 0 aromatic rings. The molecule has 0 amide bonds. The number of aliphatic hydroxyl groups excluding tert-OH is 1. The fraction of sp³-hybridized carbons (Fsp3) is 1.00. The fourth-order valence-electron chi connectivity index (χ4n) is 6.05. The Hall–Kier alpha value is 0.621. The minimum Gasteiger partial charge on any atom is -0.437 e. The summed E-state index contributed by atoms with van der Waals surface area (Å²) in [6.07, 6.45) is 3.99. The molecule has 2 N–H and O–H groups in total. The molecular weight excluding hydrogens is 909 g/mol. The third kappa shape index (κ3) is 35.8. The number of ether oxygens (including phenoxy) is 8. The Balaban J connectivity index is 0.000000983. The molecule has 0 spiro atoms. The molecule has 17 nitrogen and oxygen atoms in total. The van der Waals surface area contributed by atoms with Crippen molar-refractivity contribution in [3.8, 4) is 0 Å². The minimum atomic E-state index is -2.84. The van der Waals surface area contributed by atoms with E-state index in [2.05, 4.69) is 45.8 Å². The van der Waals surface area contributed by atoms with Crippen molar-refractivity contribution >= 4 is 51.1 Å². The van der Waals surface area contributed by atoms with Crippen molar-refractivity contribution in [2.75, 3.05) is 127 Å². The molecule has 0 aliphatic carbocycles. The highest BCUT2D eigenvalue weighted by atomic mass is 28.5. The SMILES string of the molecule is CCOCCOCCC[Si](C)(O)O[Si](C)(C)C.CCOCCOCCC[Si](C)(O[Si](C)(C)C)O[Si](CCCOCC1CO1)(OC)OC.CO[Si](CO)(CCCOCC1CO1)OC. The molecule has 0 aromatic heterocycles. The Morgan fingerprint density at radius 1 is 0.484 bits per heavy atom. The summed E-state index contributed by atoms with van der Waals surface area (Å²) >= 11 is 0. The largest absolute Gasteiger partial charge is 0.491 e. The number of rotatable bonds is 39. The van der Waals surface area contributed by atoms with Crippen LogP contribution in [0, 0.1) is 0 Å². The average Bonchev–Trinajstić information content (AvgIpc) is 4.14. The van der Waals surface area contributed by atoms with Crippen LogP contribution in [0.1, 0.15) is 39.5 Å². The standard InChI is InChI=1S/C19H44O8Si3.C11H28O4Si2.C9H20O5Si/c1-8-22-13-14-23-11-9-15-29(7,26-28(4,5)6)27-30(20-2,21-3)16-10-12-24-17-19-18-25-19;1-6-13-9-10-14-8-7-11-17(5,12)15-16(2,3)4;1-11-15(8-10,12-2)5-3-4-13-6-9-7-14-9/h19H,8-18H2,1-7H3;12H,6-11H2,1-5H3;9-10H,3-8H2,1-2H3. The van der Waals surface area contributed by atoms with Gasteiger partial charge in [-0.05, 0) is 110 Å². The summed E-state index contributed by atoms with van der Waals surface area (Å²) in [6, 6.07) is 3.03. The van der Waals surface area contributed by atoms with E-state index in [1.165, 1.54) is 0 Å². The van der Waals surface area contributed by atoms with Gasteiger partial charge in [-0.1, -0.05) is 0 Å². The predicted molar refractivity (Wildman–Crippen MR) is 255 cm³/mol. The van der Waals surface area contributed by atoms with Gasteiger partial charge in [0.2, 0.25) is 0 Å². The lowest BCUT2D eigenvalue weighted by molar-refractivity contribution is 0.0524. The van der Waals surface area contributed by atoms with Crippen molar-refractivity contribution in [3.05, 3.63) is 0 Å². The van der Waals surface area contributed by atoms with Crippen LogP contribution < -0.4 is 0 Å². The number of epoxide rings is 2. The van der Waals surface area contributed by atoms with Crippen LogP contribution in [0.3, 0.4) is 0 Å². The van der Waals surface area contributed by atoms with E-state index in [9.17, 15) is 9.90 Å². The molecule has 0 radical (unpaired) electrons. The lowest BCUT2D eigenvalue weighted by atomic mass is 10.5. The van der Waals surface area contributed by atoms with Gasteiger partial charge in [0.15, 0.2) is 16.6 Å². The average molecular weight is 1000 g/mol. The van der Waals surface area contributed by atoms with Crippen LogP contribution >= 0.6 is 0 Å². The Morgan fingerprint density at radius 2 is 0.887 bits per heavy atom. The van der Waals surface area contributed by atoms with Gasteiger partial charge in [-0.15, -0.1) is 0 Å². The van der Waals surface area contributed by atoms with E-state index < -0.39 is 51.1 Å². The number of hydrogen-bond acceptors (Lipinski definition) is 17. The normalized spacial score (nSPS) is 18.6. The first kappa shape index (κ1) is 62.6. The molecule has 2 aliphatic rings. The molecule has 2 saturated heterocycles. The second-order valence-corrected chi connectivity index (χ2v) is 40.2. The maximum Gasteiger partial charge on any atom is 0.491 e. The van der Waals surface area contributed by atoms with Gasteiger partial charge in [0.05, 0.1) is 59.1 Å². The highest BCUT2D eigenvalue weighted by molar-refractivity contribution is 6.86. The first-order chi connectivity index (χ1) is 29.2. The summed E-state index contributed by atoms with van der Waals surface area (Å²) in [6.45, 7) is 30.4. The highest BCUT2D eigenvalue weighted by Crippen LogP contribution is 2.29. The number of hydrogen-bond donors (Lipinski definition) is 2. The first-order valence-electron chi connectivity index (χ1n) is 22.5. The summed E-state index contributed by atoms with van der Waals surface area (Å²) in [5.41, 5.74) is 0. The van der Waals surface area contributed by atoms with Gasteiger partial charge in [-0.2, -0.15) is 0 Å². The quantitative estimate of drug-likeness (QED) is 0.0427. The predicted octanol–water partition coefficient (Wildman–Crippen LogP) is 5.81. The van der Waals surface area contributed by atoms with E-state index in [1.54, 1.807) is 28.4 Å². The van der Waals surface area contributed by atoms with Crippen LogP contribution in [-0.4, -0.2) is 200 Å². The lowest BCUT2D eigenvalue weighted by Gasteiger charge is -2.40. The summed E-state index contributed by atoms with van der Waals surface area (Å²) in [5, 5.41) is 9.18. The third-order valence-corrected chi connectivity index (χ3v) is 28.3. The zero-order valence-electron chi connectivity index (χ0n) is 41.4. The van der Waals surface area contributed by atoms with Crippen molar-refractivity contribution in [1.29, 1.82) is 0 Å². The molecule has 2 rings (SSSR count). The third-order valence-electron chi connectivity index (χ3n) is 9.06. The number of aliphatic hydroxyl groups is 1. The molecule has 0 bridgehead atoms. The molecule has 0 saturated carbocycles. The van der Waals surface area contributed by atoms with Gasteiger partial charge in [0.1, 0.15) is 12.2 Å². The first-order valence-corrected chi connectivity index (χ1v) is 38.6. The Labute approximate surface area is 383 Å². The molecule has 23 heteroatoms. The Morgan fingerprint density at radius 3 is 1.27 bits per heavy atom. The Bertz CT molecular complexity index is 1040. The van der Waals surface area contributed by atoms with Gasteiger partial charge in [0, 0.05) is 74.1 Å². The molecule has 4 atom stereocenters. The summed E-state index contributed by atoms with van der Waals surface area (Å²) in [7, 11) is -7.06. The maximum absolute atomic E-state index is 10.2.